The van der Waals surface area contributed by atoms with Gasteiger partial charge >= 0.3 is 0 Å². The van der Waals surface area contributed by atoms with E-state index in [4.69, 9.17) is 13.9 Å². The van der Waals surface area contributed by atoms with Crippen LogP contribution in [0.4, 0.5) is 0 Å². The highest BCUT2D eigenvalue weighted by atomic mass is 28.4. The van der Waals surface area contributed by atoms with Crippen LogP contribution < -0.4 is 4.43 Å². The molecule has 0 radical (unpaired) electrons. The van der Waals surface area contributed by atoms with E-state index in [0.29, 0.717) is 0 Å². The number of benzene rings is 1. The van der Waals surface area contributed by atoms with Crippen LogP contribution in [-0.2, 0) is 9.47 Å². The molecule has 4 heteroatoms. The number of methoxy groups -OCH3 is 2. The minimum Gasteiger partial charge on any atom is -0.543 e. The molecule has 0 unspecified atom stereocenters. The summed E-state index contributed by atoms with van der Waals surface area (Å²) in [6, 6.07) is 7.95. The van der Waals surface area contributed by atoms with Crippen LogP contribution in [0, 0.1) is 0 Å². The molecule has 1 aromatic carbocycles. The van der Waals surface area contributed by atoms with Gasteiger partial charge in [-0.05, 0) is 30.3 Å². The smallest absolute Gasteiger partial charge is 0.250 e. The Kier molecular flexibility index (Phi) is 5.18. The monoisotopic (exact) mass is 282 g/mol. The summed E-state index contributed by atoms with van der Waals surface area (Å²) in [6.45, 7) is 11.2. The van der Waals surface area contributed by atoms with E-state index < -0.39 is 8.32 Å². The maximum absolute atomic E-state index is 6.27. The van der Waals surface area contributed by atoms with Gasteiger partial charge < -0.3 is 13.9 Å². The number of ether oxygens (including phenoxy) is 2. The van der Waals surface area contributed by atoms with Crippen LogP contribution >= 0.6 is 0 Å². The number of hydrogen-bond acceptors (Lipinski definition) is 3. The van der Waals surface area contributed by atoms with Gasteiger partial charge in [-0.1, -0.05) is 32.9 Å². The van der Waals surface area contributed by atoms with Gasteiger partial charge in [0.1, 0.15) is 5.75 Å². The lowest BCUT2D eigenvalue weighted by molar-refractivity contribution is -0.106. The SMILES string of the molecule is COC(OC)c1cccc(O[Si](C)(C)C(C)(C)C)c1. The first-order chi connectivity index (χ1) is 8.71. The second kappa shape index (κ2) is 6.07. The molecule has 0 N–H and O–H groups in total. The Morgan fingerprint density at radius 1 is 1.05 bits per heavy atom. The Morgan fingerprint density at radius 3 is 2.11 bits per heavy atom. The second-order valence-corrected chi connectivity index (χ2v) is 11.0. The summed E-state index contributed by atoms with van der Waals surface area (Å²) in [5.41, 5.74) is 0.973. The molecule has 0 heterocycles. The van der Waals surface area contributed by atoms with E-state index in [1.54, 1.807) is 14.2 Å². The molecule has 0 aliphatic carbocycles. The van der Waals surface area contributed by atoms with Crippen molar-refractivity contribution in [2.24, 2.45) is 0 Å². The van der Waals surface area contributed by atoms with Crippen molar-refractivity contribution in [3.63, 3.8) is 0 Å². The first kappa shape index (κ1) is 16.2. The third kappa shape index (κ3) is 4.06. The lowest BCUT2D eigenvalue weighted by Crippen LogP contribution is -2.43. The van der Waals surface area contributed by atoms with Gasteiger partial charge in [-0.2, -0.15) is 0 Å². The molecule has 0 aromatic heterocycles. The highest BCUT2D eigenvalue weighted by Crippen LogP contribution is 2.37. The average Bonchev–Trinajstić information content (AvgIpc) is 2.29. The van der Waals surface area contributed by atoms with Crippen LogP contribution in [0.3, 0.4) is 0 Å². The van der Waals surface area contributed by atoms with Crippen molar-refractivity contribution >= 4 is 8.32 Å². The Bertz CT molecular complexity index is 406. The van der Waals surface area contributed by atoms with Crippen LogP contribution in [0.25, 0.3) is 0 Å². The summed E-state index contributed by atoms with van der Waals surface area (Å²) in [6.07, 6.45) is -0.344. The minimum atomic E-state index is -1.81. The van der Waals surface area contributed by atoms with E-state index in [2.05, 4.69) is 33.9 Å². The van der Waals surface area contributed by atoms with Gasteiger partial charge in [0.15, 0.2) is 6.29 Å². The molecule has 0 fully saturated rings. The molecule has 0 spiro atoms. The van der Waals surface area contributed by atoms with Crippen molar-refractivity contribution < 1.29 is 13.9 Å². The van der Waals surface area contributed by atoms with Crippen molar-refractivity contribution in [1.29, 1.82) is 0 Å². The first-order valence-corrected chi connectivity index (χ1v) is 9.46. The van der Waals surface area contributed by atoms with E-state index in [9.17, 15) is 0 Å². The van der Waals surface area contributed by atoms with Gasteiger partial charge in [0.2, 0.25) is 8.32 Å². The van der Waals surface area contributed by atoms with E-state index in [-0.39, 0.29) is 11.3 Å². The van der Waals surface area contributed by atoms with E-state index in [1.807, 2.05) is 24.3 Å². The lowest BCUT2D eigenvalue weighted by atomic mass is 10.2. The maximum atomic E-state index is 6.27. The molecule has 0 amide bonds. The summed E-state index contributed by atoms with van der Waals surface area (Å²) in [5.74, 6) is 0.892. The van der Waals surface area contributed by atoms with Crippen molar-refractivity contribution in [3.05, 3.63) is 29.8 Å². The molecule has 1 aromatic rings. The molecule has 0 atom stereocenters. The van der Waals surface area contributed by atoms with Gasteiger partial charge in [0.05, 0.1) is 0 Å². The highest BCUT2D eigenvalue weighted by Gasteiger charge is 2.39. The molecular formula is C15H26O3Si. The third-order valence-corrected chi connectivity index (χ3v) is 8.10. The summed E-state index contributed by atoms with van der Waals surface area (Å²) in [5, 5.41) is 0.185. The fourth-order valence-electron chi connectivity index (χ4n) is 1.54. The predicted molar refractivity (Wildman–Crippen MR) is 81.0 cm³/mol. The summed E-state index contributed by atoms with van der Waals surface area (Å²) in [4.78, 5) is 0. The molecule has 3 nitrogen and oxygen atoms in total. The quantitative estimate of drug-likeness (QED) is 0.593. The van der Waals surface area contributed by atoms with Crippen LogP contribution in [0.2, 0.25) is 18.1 Å². The Balaban J connectivity index is 2.95. The number of rotatable bonds is 5. The Hall–Kier alpha value is -0.843. The topological polar surface area (TPSA) is 27.7 Å². The van der Waals surface area contributed by atoms with Crippen molar-refractivity contribution in [1.82, 2.24) is 0 Å². The van der Waals surface area contributed by atoms with Crippen molar-refractivity contribution in [2.45, 2.75) is 45.2 Å². The van der Waals surface area contributed by atoms with Crippen LogP contribution in [0.15, 0.2) is 24.3 Å². The fourth-order valence-corrected chi connectivity index (χ4v) is 2.56. The second-order valence-electron chi connectivity index (χ2n) is 6.24. The van der Waals surface area contributed by atoms with Crippen molar-refractivity contribution in [3.8, 4) is 5.75 Å². The maximum Gasteiger partial charge on any atom is 0.250 e. The van der Waals surface area contributed by atoms with Crippen LogP contribution in [-0.4, -0.2) is 22.5 Å². The van der Waals surface area contributed by atoms with Crippen molar-refractivity contribution in [2.75, 3.05) is 14.2 Å². The minimum absolute atomic E-state index is 0.185. The third-order valence-electron chi connectivity index (χ3n) is 3.74. The van der Waals surface area contributed by atoms with E-state index in [1.165, 1.54) is 0 Å². The average molecular weight is 282 g/mol. The molecule has 108 valence electrons. The lowest BCUT2D eigenvalue weighted by Gasteiger charge is -2.36. The normalized spacial score (nSPS) is 12.8. The summed E-state index contributed by atoms with van der Waals surface area (Å²) in [7, 11) is 1.46. The zero-order chi connectivity index (χ0) is 14.7. The van der Waals surface area contributed by atoms with Gasteiger partial charge in [-0.25, -0.2) is 0 Å². The van der Waals surface area contributed by atoms with Crippen LogP contribution in [0.1, 0.15) is 32.6 Å². The molecule has 0 aliphatic heterocycles. The fraction of sp³-hybridized carbons (Fsp3) is 0.600. The largest absolute Gasteiger partial charge is 0.543 e. The van der Waals surface area contributed by atoms with Gasteiger partial charge in [0.25, 0.3) is 0 Å². The predicted octanol–water partition coefficient (Wildman–Crippen LogP) is 4.36. The molecule has 0 aliphatic rings. The van der Waals surface area contributed by atoms with Crippen LogP contribution in [0.5, 0.6) is 5.75 Å². The van der Waals surface area contributed by atoms with E-state index >= 15 is 0 Å². The molecule has 0 bridgehead atoms. The van der Waals surface area contributed by atoms with Gasteiger partial charge in [0, 0.05) is 19.8 Å². The summed E-state index contributed by atoms with van der Waals surface area (Å²) < 4.78 is 16.8. The Morgan fingerprint density at radius 2 is 1.63 bits per heavy atom. The Labute approximate surface area is 118 Å². The van der Waals surface area contributed by atoms with Gasteiger partial charge in [-0.15, -0.1) is 0 Å². The molecule has 0 saturated carbocycles. The van der Waals surface area contributed by atoms with Gasteiger partial charge in [-0.3, -0.25) is 0 Å². The zero-order valence-corrected chi connectivity index (χ0v) is 14.1. The molecular weight excluding hydrogens is 256 g/mol. The summed E-state index contributed by atoms with van der Waals surface area (Å²) >= 11 is 0. The molecule has 1 rings (SSSR count). The highest BCUT2D eigenvalue weighted by molar-refractivity contribution is 6.74. The van der Waals surface area contributed by atoms with E-state index in [0.717, 1.165) is 11.3 Å². The molecule has 0 saturated heterocycles. The first-order valence-electron chi connectivity index (χ1n) is 6.56. The molecule has 19 heavy (non-hydrogen) atoms. The number of hydrogen-bond donors (Lipinski definition) is 0. The zero-order valence-electron chi connectivity index (χ0n) is 13.1. The standard InChI is InChI=1S/C15H26O3Si/c1-15(2,3)19(6,7)18-13-10-8-9-12(11-13)14(16-4)17-5/h8-11,14H,1-7H3.